The van der Waals surface area contributed by atoms with Gasteiger partial charge >= 0.3 is 0 Å². The van der Waals surface area contributed by atoms with E-state index in [1.165, 1.54) is 12.3 Å². The van der Waals surface area contributed by atoms with Gasteiger partial charge in [-0.15, -0.1) is 0 Å². The van der Waals surface area contributed by atoms with Crippen molar-refractivity contribution in [2.24, 2.45) is 0 Å². The molecule has 3 rings (SSSR count). The molecule has 2 N–H and O–H groups in total. The van der Waals surface area contributed by atoms with Crippen LogP contribution in [0.15, 0.2) is 66.9 Å². The van der Waals surface area contributed by atoms with Gasteiger partial charge in [-0.25, -0.2) is 4.98 Å². The molecule has 0 saturated carbocycles. The van der Waals surface area contributed by atoms with Crippen LogP contribution in [0.2, 0.25) is 5.15 Å². The van der Waals surface area contributed by atoms with Gasteiger partial charge in [0.2, 0.25) is 0 Å². The van der Waals surface area contributed by atoms with Crippen molar-refractivity contribution >= 4 is 34.8 Å². The standard InChI is InChI=1S/C20H16ClN3O3/c1-27-17-5-3-2-4-16(17)24-19(25)13-6-8-15(9-7-13)23-20(26)14-10-11-22-18(21)12-14/h2-12H,1H3,(H,23,26)(H,24,25). The van der Waals surface area contributed by atoms with E-state index in [-0.39, 0.29) is 17.0 Å². The minimum absolute atomic E-state index is 0.242. The lowest BCUT2D eigenvalue weighted by Gasteiger charge is -2.10. The summed E-state index contributed by atoms with van der Waals surface area (Å²) in [5.74, 6) is -0.0189. The number of benzene rings is 2. The van der Waals surface area contributed by atoms with E-state index in [1.54, 1.807) is 49.6 Å². The van der Waals surface area contributed by atoms with E-state index in [0.29, 0.717) is 28.3 Å². The summed E-state index contributed by atoms with van der Waals surface area (Å²) in [7, 11) is 1.54. The second-order valence-electron chi connectivity index (χ2n) is 5.55. The maximum atomic E-state index is 12.4. The van der Waals surface area contributed by atoms with Crippen LogP contribution in [0.4, 0.5) is 11.4 Å². The summed E-state index contributed by atoms with van der Waals surface area (Å²) in [6.45, 7) is 0. The molecule has 136 valence electrons. The van der Waals surface area contributed by atoms with E-state index in [0.717, 1.165) is 0 Å². The molecule has 0 atom stereocenters. The van der Waals surface area contributed by atoms with Gasteiger partial charge in [-0.2, -0.15) is 0 Å². The van der Waals surface area contributed by atoms with Crippen LogP contribution in [-0.4, -0.2) is 23.9 Å². The maximum Gasteiger partial charge on any atom is 0.255 e. The number of methoxy groups -OCH3 is 1. The highest BCUT2D eigenvalue weighted by Crippen LogP contribution is 2.24. The topological polar surface area (TPSA) is 80.3 Å². The Morgan fingerprint density at radius 1 is 0.926 bits per heavy atom. The molecule has 0 aliphatic rings. The zero-order valence-corrected chi connectivity index (χ0v) is 15.2. The second-order valence-corrected chi connectivity index (χ2v) is 5.94. The summed E-state index contributed by atoms with van der Waals surface area (Å²) < 4.78 is 5.22. The molecule has 7 heteroatoms. The molecule has 6 nitrogen and oxygen atoms in total. The Bertz CT molecular complexity index is 974. The average molecular weight is 382 g/mol. The number of carbonyl (C=O) groups excluding carboxylic acids is 2. The zero-order valence-electron chi connectivity index (χ0n) is 14.4. The van der Waals surface area contributed by atoms with Crippen LogP contribution in [0.25, 0.3) is 0 Å². The first-order valence-electron chi connectivity index (χ1n) is 8.04. The Morgan fingerprint density at radius 3 is 2.33 bits per heavy atom. The van der Waals surface area contributed by atoms with Crippen molar-refractivity contribution in [1.82, 2.24) is 4.98 Å². The highest BCUT2D eigenvalue weighted by atomic mass is 35.5. The molecule has 2 amide bonds. The van der Waals surface area contributed by atoms with Gasteiger partial charge in [-0.3, -0.25) is 9.59 Å². The normalized spacial score (nSPS) is 10.1. The zero-order chi connectivity index (χ0) is 19.2. The molecule has 3 aromatic rings. The number of rotatable bonds is 5. The SMILES string of the molecule is COc1ccccc1NC(=O)c1ccc(NC(=O)c2ccnc(Cl)c2)cc1. The van der Waals surface area contributed by atoms with Gasteiger partial charge in [0.05, 0.1) is 12.8 Å². The monoisotopic (exact) mass is 381 g/mol. The molecule has 0 saturated heterocycles. The number of nitrogens with zero attached hydrogens (tertiary/aromatic N) is 1. The van der Waals surface area contributed by atoms with Crippen molar-refractivity contribution in [3.8, 4) is 5.75 Å². The van der Waals surface area contributed by atoms with E-state index in [1.807, 2.05) is 12.1 Å². The third kappa shape index (κ3) is 4.62. The Balaban J connectivity index is 1.68. The Kier molecular flexibility index (Phi) is 5.68. The first-order chi connectivity index (χ1) is 13.1. The molecule has 2 aromatic carbocycles. The van der Waals surface area contributed by atoms with E-state index in [9.17, 15) is 9.59 Å². The van der Waals surface area contributed by atoms with E-state index in [2.05, 4.69) is 15.6 Å². The first-order valence-corrected chi connectivity index (χ1v) is 8.42. The predicted molar refractivity (Wildman–Crippen MR) is 105 cm³/mol. The molecular formula is C20H16ClN3O3. The molecule has 27 heavy (non-hydrogen) atoms. The largest absolute Gasteiger partial charge is 0.495 e. The van der Waals surface area contributed by atoms with Crippen LogP contribution in [0.1, 0.15) is 20.7 Å². The van der Waals surface area contributed by atoms with Crippen molar-refractivity contribution in [2.75, 3.05) is 17.7 Å². The average Bonchev–Trinajstić information content (AvgIpc) is 2.69. The van der Waals surface area contributed by atoms with Crippen LogP contribution in [0.5, 0.6) is 5.75 Å². The van der Waals surface area contributed by atoms with Gasteiger partial charge < -0.3 is 15.4 Å². The van der Waals surface area contributed by atoms with Crippen LogP contribution in [0.3, 0.4) is 0 Å². The Labute approximate surface area is 161 Å². The molecule has 1 aromatic heterocycles. The fraction of sp³-hybridized carbons (Fsp3) is 0.0500. The Morgan fingerprint density at radius 2 is 1.63 bits per heavy atom. The summed E-state index contributed by atoms with van der Waals surface area (Å²) in [4.78, 5) is 28.4. The Hall–Kier alpha value is -3.38. The molecule has 0 radical (unpaired) electrons. The molecule has 0 bridgehead atoms. The van der Waals surface area contributed by atoms with Gasteiger partial charge in [0.1, 0.15) is 10.9 Å². The summed E-state index contributed by atoms with van der Waals surface area (Å²) in [6, 6.07) is 16.7. The molecular weight excluding hydrogens is 366 g/mol. The lowest BCUT2D eigenvalue weighted by molar-refractivity contribution is 0.101. The third-order valence-corrected chi connectivity index (χ3v) is 3.96. The number of hydrogen-bond donors (Lipinski definition) is 2. The molecule has 1 heterocycles. The van der Waals surface area contributed by atoms with Crippen LogP contribution < -0.4 is 15.4 Å². The van der Waals surface area contributed by atoms with Crippen molar-refractivity contribution in [1.29, 1.82) is 0 Å². The number of aromatic nitrogens is 1. The minimum Gasteiger partial charge on any atom is -0.495 e. The van der Waals surface area contributed by atoms with Crippen molar-refractivity contribution in [2.45, 2.75) is 0 Å². The number of amides is 2. The minimum atomic E-state index is -0.314. The van der Waals surface area contributed by atoms with Crippen molar-refractivity contribution < 1.29 is 14.3 Å². The molecule has 0 spiro atoms. The predicted octanol–water partition coefficient (Wildman–Crippen LogP) is 4.25. The molecule has 0 aliphatic carbocycles. The number of hydrogen-bond acceptors (Lipinski definition) is 4. The van der Waals surface area contributed by atoms with E-state index >= 15 is 0 Å². The quantitative estimate of drug-likeness (QED) is 0.647. The summed E-state index contributed by atoms with van der Waals surface area (Å²) in [5, 5.41) is 5.78. The summed E-state index contributed by atoms with van der Waals surface area (Å²) in [6.07, 6.45) is 1.46. The second kappa shape index (κ2) is 8.33. The summed E-state index contributed by atoms with van der Waals surface area (Å²) >= 11 is 5.79. The van der Waals surface area contributed by atoms with E-state index in [4.69, 9.17) is 16.3 Å². The molecule has 0 aliphatic heterocycles. The number of pyridine rings is 1. The third-order valence-electron chi connectivity index (χ3n) is 3.75. The first kappa shape index (κ1) is 18.4. The lowest BCUT2D eigenvalue weighted by Crippen LogP contribution is -2.14. The maximum absolute atomic E-state index is 12.4. The highest BCUT2D eigenvalue weighted by Gasteiger charge is 2.11. The van der Waals surface area contributed by atoms with Gasteiger partial charge in [-0.05, 0) is 48.5 Å². The molecule has 0 unspecified atom stereocenters. The number of anilines is 2. The van der Waals surface area contributed by atoms with Gasteiger partial charge in [0, 0.05) is 23.0 Å². The van der Waals surface area contributed by atoms with Gasteiger partial charge in [0.25, 0.3) is 11.8 Å². The summed E-state index contributed by atoms with van der Waals surface area (Å²) in [5.41, 5.74) is 1.98. The van der Waals surface area contributed by atoms with E-state index < -0.39 is 0 Å². The van der Waals surface area contributed by atoms with Crippen LogP contribution in [-0.2, 0) is 0 Å². The fourth-order valence-corrected chi connectivity index (χ4v) is 2.57. The van der Waals surface area contributed by atoms with Crippen LogP contribution in [0, 0.1) is 0 Å². The smallest absolute Gasteiger partial charge is 0.255 e. The van der Waals surface area contributed by atoms with Crippen LogP contribution >= 0.6 is 11.6 Å². The van der Waals surface area contributed by atoms with Crippen molar-refractivity contribution in [3.05, 3.63) is 83.1 Å². The van der Waals surface area contributed by atoms with Gasteiger partial charge in [0.15, 0.2) is 0 Å². The fourth-order valence-electron chi connectivity index (χ4n) is 2.39. The highest BCUT2D eigenvalue weighted by molar-refractivity contribution is 6.29. The molecule has 0 fully saturated rings. The van der Waals surface area contributed by atoms with Crippen molar-refractivity contribution in [3.63, 3.8) is 0 Å². The number of carbonyl (C=O) groups is 2. The van der Waals surface area contributed by atoms with Gasteiger partial charge in [-0.1, -0.05) is 23.7 Å². The number of para-hydroxylation sites is 2. The number of halogens is 1. The number of ether oxygens (including phenoxy) is 1. The number of nitrogens with one attached hydrogen (secondary N) is 2. The lowest BCUT2D eigenvalue weighted by atomic mass is 10.1.